The maximum atomic E-state index is 11.5. The van der Waals surface area contributed by atoms with Gasteiger partial charge in [0, 0.05) is 0 Å². The summed E-state index contributed by atoms with van der Waals surface area (Å²) in [6.45, 7) is 4.66. The molecule has 1 rings (SSSR count). The molecule has 1 aromatic carbocycles. The third-order valence-corrected chi connectivity index (χ3v) is 3.56. The Kier molecular flexibility index (Phi) is 8.96. The van der Waals surface area contributed by atoms with Crippen LogP contribution in [0.2, 0.25) is 0 Å². The van der Waals surface area contributed by atoms with Crippen molar-refractivity contribution in [1.82, 2.24) is 0 Å². The molecule has 0 saturated carbocycles. The van der Waals surface area contributed by atoms with Crippen molar-refractivity contribution in [2.75, 3.05) is 13.2 Å². The molecule has 0 radical (unpaired) electrons. The number of rotatable bonds is 10. The molecule has 0 fully saturated rings. The largest absolute Gasteiger partial charge is 0.466 e. The zero-order valence-electron chi connectivity index (χ0n) is 13.5. The molecule has 4 heteroatoms. The quantitative estimate of drug-likeness (QED) is 0.487. The number of carbonyl (C=O) groups is 2. The van der Waals surface area contributed by atoms with Crippen LogP contribution in [-0.2, 0) is 19.1 Å². The first kappa shape index (κ1) is 18.2. The molecular formula is C18H26O4. The van der Waals surface area contributed by atoms with Crippen LogP contribution < -0.4 is 0 Å². The minimum atomic E-state index is -0.352. The highest BCUT2D eigenvalue weighted by Crippen LogP contribution is 2.24. The first-order valence-electron chi connectivity index (χ1n) is 8.03. The lowest BCUT2D eigenvalue weighted by atomic mass is 9.92. The molecule has 122 valence electrons. The molecule has 0 heterocycles. The Morgan fingerprint density at radius 3 is 2.23 bits per heavy atom. The average molecular weight is 306 g/mol. The van der Waals surface area contributed by atoms with Gasteiger partial charge in [-0.2, -0.15) is 0 Å². The fourth-order valence-corrected chi connectivity index (χ4v) is 2.36. The molecule has 1 atom stereocenters. The van der Waals surface area contributed by atoms with E-state index in [0.717, 1.165) is 19.3 Å². The summed E-state index contributed by atoms with van der Waals surface area (Å²) in [5.41, 5.74) is 1.33. The van der Waals surface area contributed by atoms with Gasteiger partial charge in [-0.1, -0.05) is 37.3 Å². The van der Waals surface area contributed by atoms with E-state index in [0.29, 0.717) is 19.1 Å². The summed E-state index contributed by atoms with van der Waals surface area (Å²) < 4.78 is 9.92. The Labute approximate surface area is 132 Å². The fraction of sp³-hybridized carbons (Fsp3) is 0.556. The topological polar surface area (TPSA) is 52.6 Å². The molecular weight excluding hydrogens is 280 g/mol. The van der Waals surface area contributed by atoms with Gasteiger partial charge in [-0.3, -0.25) is 9.59 Å². The summed E-state index contributed by atoms with van der Waals surface area (Å²) in [6, 6.07) is 10.4. The Hall–Kier alpha value is -1.84. The second kappa shape index (κ2) is 10.8. The van der Waals surface area contributed by atoms with Crippen LogP contribution in [0, 0.1) is 0 Å². The van der Waals surface area contributed by atoms with Crippen molar-refractivity contribution in [3.05, 3.63) is 35.9 Å². The minimum Gasteiger partial charge on any atom is -0.466 e. The van der Waals surface area contributed by atoms with E-state index in [1.807, 2.05) is 18.2 Å². The predicted octanol–water partition coefficient (Wildman–Crippen LogP) is 3.85. The second-order valence-corrected chi connectivity index (χ2v) is 5.18. The maximum absolute atomic E-state index is 11.5. The van der Waals surface area contributed by atoms with Gasteiger partial charge in [0.2, 0.25) is 0 Å². The highest BCUT2D eigenvalue weighted by Gasteiger charge is 2.11. The molecule has 1 unspecified atom stereocenters. The molecule has 0 aliphatic carbocycles. The molecule has 0 aliphatic rings. The number of ether oxygens (including phenoxy) is 2. The van der Waals surface area contributed by atoms with Crippen molar-refractivity contribution in [3.8, 4) is 0 Å². The van der Waals surface area contributed by atoms with Crippen LogP contribution in [0.5, 0.6) is 0 Å². The first-order valence-corrected chi connectivity index (χ1v) is 8.03. The molecule has 1 aromatic rings. The van der Waals surface area contributed by atoms with Crippen molar-refractivity contribution < 1.29 is 19.1 Å². The number of benzene rings is 1. The van der Waals surface area contributed by atoms with Gasteiger partial charge in [0.25, 0.3) is 0 Å². The molecule has 0 spiro atoms. The normalized spacial score (nSPS) is 11.7. The van der Waals surface area contributed by atoms with Gasteiger partial charge in [-0.25, -0.2) is 0 Å². The molecule has 0 saturated heterocycles. The molecule has 0 bridgehead atoms. The third-order valence-electron chi connectivity index (χ3n) is 3.56. The van der Waals surface area contributed by atoms with Gasteiger partial charge in [-0.15, -0.1) is 0 Å². The van der Waals surface area contributed by atoms with Gasteiger partial charge >= 0.3 is 11.9 Å². The van der Waals surface area contributed by atoms with Crippen molar-refractivity contribution in [2.24, 2.45) is 0 Å². The average Bonchev–Trinajstić information content (AvgIpc) is 2.54. The highest BCUT2D eigenvalue weighted by molar-refractivity contribution is 5.77. The number of carbonyl (C=O) groups excluding carboxylic acids is 2. The van der Waals surface area contributed by atoms with E-state index in [1.165, 1.54) is 5.56 Å². The lowest BCUT2D eigenvalue weighted by molar-refractivity contribution is -0.150. The molecule has 0 aliphatic heterocycles. The molecule has 4 nitrogen and oxygen atoms in total. The van der Waals surface area contributed by atoms with E-state index < -0.39 is 0 Å². The molecule has 0 aromatic heterocycles. The second-order valence-electron chi connectivity index (χ2n) is 5.18. The van der Waals surface area contributed by atoms with E-state index >= 15 is 0 Å². The summed E-state index contributed by atoms with van der Waals surface area (Å²) in [5, 5.41) is 0. The van der Waals surface area contributed by atoms with Gasteiger partial charge in [0.1, 0.15) is 0 Å². The van der Waals surface area contributed by atoms with E-state index in [1.54, 1.807) is 6.92 Å². The van der Waals surface area contributed by atoms with Crippen LogP contribution in [0.25, 0.3) is 0 Å². The molecule has 22 heavy (non-hydrogen) atoms. The zero-order chi connectivity index (χ0) is 16.2. The number of hydrogen-bond donors (Lipinski definition) is 0. The summed E-state index contributed by atoms with van der Waals surface area (Å²) in [6.07, 6.45) is 3.08. The Morgan fingerprint density at radius 2 is 1.64 bits per heavy atom. The number of hydrogen-bond acceptors (Lipinski definition) is 4. The van der Waals surface area contributed by atoms with Crippen LogP contribution >= 0.6 is 0 Å². The van der Waals surface area contributed by atoms with Crippen LogP contribution in [0.15, 0.2) is 30.3 Å². The van der Waals surface area contributed by atoms with Crippen molar-refractivity contribution in [3.63, 3.8) is 0 Å². The Bertz CT molecular complexity index is 442. The van der Waals surface area contributed by atoms with Gasteiger partial charge < -0.3 is 9.47 Å². The maximum Gasteiger partial charge on any atom is 0.306 e. The zero-order valence-corrected chi connectivity index (χ0v) is 13.5. The van der Waals surface area contributed by atoms with Gasteiger partial charge in [0.05, 0.1) is 26.1 Å². The lowest BCUT2D eigenvalue weighted by Crippen LogP contribution is -2.11. The molecule has 0 N–H and O–H groups in total. The van der Waals surface area contributed by atoms with Crippen LogP contribution in [0.1, 0.15) is 57.4 Å². The summed E-state index contributed by atoms with van der Waals surface area (Å²) in [4.78, 5) is 22.6. The van der Waals surface area contributed by atoms with Crippen LogP contribution in [0.4, 0.5) is 0 Å². The van der Waals surface area contributed by atoms with Gasteiger partial charge in [0.15, 0.2) is 0 Å². The lowest BCUT2D eigenvalue weighted by Gasteiger charge is -2.15. The Morgan fingerprint density at radius 1 is 1.00 bits per heavy atom. The van der Waals surface area contributed by atoms with E-state index in [9.17, 15) is 9.59 Å². The van der Waals surface area contributed by atoms with E-state index in [-0.39, 0.29) is 24.8 Å². The monoisotopic (exact) mass is 306 g/mol. The van der Waals surface area contributed by atoms with Crippen LogP contribution in [-0.4, -0.2) is 25.2 Å². The predicted molar refractivity (Wildman–Crippen MR) is 85.5 cm³/mol. The van der Waals surface area contributed by atoms with Crippen molar-refractivity contribution in [2.45, 2.75) is 51.9 Å². The van der Waals surface area contributed by atoms with Gasteiger partial charge in [-0.05, 0) is 37.7 Å². The number of esters is 2. The van der Waals surface area contributed by atoms with E-state index in [4.69, 9.17) is 9.47 Å². The first-order chi connectivity index (χ1) is 10.7. The molecule has 0 amide bonds. The fourth-order valence-electron chi connectivity index (χ4n) is 2.36. The minimum absolute atomic E-state index is 0.0915. The highest BCUT2D eigenvalue weighted by atomic mass is 16.5. The summed E-state index contributed by atoms with van der Waals surface area (Å²) >= 11 is 0. The summed E-state index contributed by atoms with van der Waals surface area (Å²) in [7, 11) is 0. The summed E-state index contributed by atoms with van der Waals surface area (Å²) in [5.74, 6) is -0.185. The van der Waals surface area contributed by atoms with Crippen molar-refractivity contribution >= 4 is 11.9 Å². The smallest absolute Gasteiger partial charge is 0.306 e. The standard InChI is InChI=1S/C18H26O4/c1-3-15(16-9-6-5-7-10-16)11-8-14-22-18(20)13-12-17(19)21-4-2/h5-7,9-10,15H,3-4,8,11-14H2,1-2H3. The van der Waals surface area contributed by atoms with Crippen molar-refractivity contribution in [1.29, 1.82) is 0 Å². The van der Waals surface area contributed by atoms with E-state index in [2.05, 4.69) is 19.1 Å². The third kappa shape index (κ3) is 7.25. The van der Waals surface area contributed by atoms with Crippen LogP contribution in [0.3, 0.4) is 0 Å². The Balaban J connectivity index is 2.18. The SMILES string of the molecule is CCOC(=O)CCC(=O)OCCCC(CC)c1ccccc1.